The minimum atomic E-state index is -0.190. The molecule has 0 bridgehead atoms. The van der Waals surface area contributed by atoms with Crippen LogP contribution in [0.4, 0.5) is 0 Å². The van der Waals surface area contributed by atoms with Crippen LogP contribution in [0.2, 0.25) is 0 Å². The van der Waals surface area contributed by atoms with Crippen molar-refractivity contribution >= 4 is 38.6 Å². The number of hydrogen-bond acceptors (Lipinski definition) is 3. The van der Waals surface area contributed by atoms with Gasteiger partial charge in [-0.1, -0.05) is 145 Å². The molecular formula is C41H69BrOS2. The molecule has 0 saturated carbocycles. The first-order chi connectivity index (χ1) is 21.5. The van der Waals surface area contributed by atoms with Crippen LogP contribution in [-0.2, 0) is 5.60 Å². The third kappa shape index (κ3) is 13.6. The number of ether oxygens (including phenoxy) is 1. The molecule has 1 nitrogen and oxygen atoms in total. The molecule has 45 heavy (non-hydrogen) atoms. The van der Waals surface area contributed by atoms with Crippen molar-refractivity contribution < 1.29 is 4.74 Å². The lowest BCUT2D eigenvalue weighted by molar-refractivity contribution is 0.0323. The van der Waals surface area contributed by atoms with E-state index in [4.69, 9.17) is 4.74 Å². The first-order valence-electron chi connectivity index (χ1n) is 19.1. The molecule has 0 aromatic carbocycles. The number of thiophene rings is 2. The van der Waals surface area contributed by atoms with Gasteiger partial charge in [0.1, 0.15) is 11.4 Å². The van der Waals surface area contributed by atoms with Crippen LogP contribution in [0.25, 0.3) is 9.75 Å². The molecule has 0 radical (unpaired) electrons. The maximum atomic E-state index is 7.12. The fraction of sp³-hybridized carbons (Fsp3) is 0.805. The quantitative estimate of drug-likeness (QED) is 0.0981. The largest absolute Gasteiger partial charge is 0.481 e. The third-order valence-electron chi connectivity index (χ3n) is 10.7. The van der Waals surface area contributed by atoms with Crippen molar-refractivity contribution in [2.24, 2.45) is 35.5 Å². The van der Waals surface area contributed by atoms with Gasteiger partial charge in [0.25, 0.3) is 0 Å². The van der Waals surface area contributed by atoms with E-state index >= 15 is 0 Å². The summed E-state index contributed by atoms with van der Waals surface area (Å²) in [7, 11) is 0. The van der Waals surface area contributed by atoms with Crippen LogP contribution in [0.15, 0.2) is 21.3 Å². The zero-order valence-electron chi connectivity index (χ0n) is 30.5. The molecule has 0 N–H and O–H groups in total. The highest BCUT2D eigenvalue weighted by Crippen LogP contribution is 2.55. The van der Waals surface area contributed by atoms with E-state index < -0.39 is 0 Å². The van der Waals surface area contributed by atoms with Crippen molar-refractivity contribution in [2.75, 3.05) is 0 Å². The van der Waals surface area contributed by atoms with Crippen molar-refractivity contribution in [2.45, 2.75) is 177 Å². The molecule has 0 amide bonds. The molecule has 1 aliphatic heterocycles. The van der Waals surface area contributed by atoms with Crippen LogP contribution in [0.3, 0.4) is 0 Å². The Labute approximate surface area is 296 Å². The first kappa shape index (κ1) is 39.1. The van der Waals surface area contributed by atoms with Crippen LogP contribution in [-0.4, -0.2) is 0 Å². The Bertz CT molecular complexity index is 1070. The Hall–Kier alpha value is -0.320. The summed E-state index contributed by atoms with van der Waals surface area (Å²) in [5.41, 5.74) is 1.27. The molecule has 258 valence electrons. The van der Waals surface area contributed by atoms with Gasteiger partial charge in [-0.25, -0.2) is 0 Å². The van der Waals surface area contributed by atoms with Gasteiger partial charge < -0.3 is 4.74 Å². The van der Waals surface area contributed by atoms with Gasteiger partial charge in [-0.2, -0.15) is 0 Å². The number of hydrogen-bond donors (Lipinski definition) is 0. The van der Waals surface area contributed by atoms with E-state index in [1.54, 1.807) is 0 Å². The summed E-state index contributed by atoms with van der Waals surface area (Å²) >= 11 is 7.61. The first-order valence-corrected chi connectivity index (χ1v) is 21.5. The van der Waals surface area contributed by atoms with Gasteiger partial charge in [0.05, 0.1) is 13.5 Å². The zero-order chi connectivity index (χ0) is 32.8. The lowest BCUT2D eigenvalue weighted by Crippen LogP contribution is -2.36. The molecule has 2 aromatic heterocycles. The van der Waals surface area contributed by atoms with Gasteiger partial charge in [-0.05, 0) is 94.6 Å². The average Bonchev–Trinajstić information content (AvgIpc) is 3.60. The van der Waals surface area contributed by atoms with Gasteiger partial charge in [0.15, 0.2) is 0 Å². The van der Waals surface area contributed by atoms with Crippen LogP contribution in [0.1, 0.15) is 177 Å². The molecule has 4 heteroatoms. The van der Waals surface area contributed by atoms with Gasteiger partial charge in [-0.3, -0.25) is 0 Å². The molecule has 5 atom stereocenters. The highest BCUT2D eigenvalue weighted by molar-refractivity contribution is 9.11. The van der Waals surface area contributed by atoms with Gasteiger partial charge in [0.2, 0.25) is 0 Å². The van der Waals surface area contributed by atoms with Crippen molar-refractivity contribution in [1.29, 1.82) is 0 Å². The molecule has 5 unspecified atom stereocenters. The molecule has 1 aliphatic rings. The molecule has 3 rings (SSSR count). The standard InChI is InChI=1S/C41H69BrOS2/c1-30(2)15-12-19-32(5)17-10-9-11-18-34(7)23-26-41(27-24-35(8)22-14-21-33(6)20-13-16-31(3)4)36-29-38(42)45-39(36)40-37(43-41)25-28-44-40/h25,28-35H,9-24,26-27H2,1-8H3. The summed E-state index contributed by atoms with van der Waals surface area (Å²) < 4.78 is 8.36. The van der Waals surface area contributed by atoms with Crippen molar-refractivity contribution in [3.63, 3.8) is 0 Å². The van der Waals surface area contributed by atoms with E-state index in [1.165, 1.54) is 122 Å². The molecule has 0 fully saturated rings. The predicted octanol–water partition coefficient (Wildman–Crippen LogP) is 15.7. The Morgan fingerprint density at radius 2 is 1.07 bits per heavy atom. The van der Waals surface area contributed by atoms with E-state index in [2.05, 4.69) is 88.8 Å². The number of fused-ring (bicyclic) bond motifs is 3. The van der Waals surface area contributed by atoms with Crippen LogP contribution in [0, 0.1) is 35.5 Å². The second-order valence-corrected chi connectivity index (χ2v) is 19.6. The van der Waals surface area contributed by atoms with Gasteiger partial charge >= 0.3 is 0 Å². The van der Waals surface area contributed by atoms with E-state index in [1.807, 2.05) is 22.7 Å². The van der Waals surface area contributed by atoms with Crippen molar-refractivity contribution in [3.8, 4) is 15.5 Å². The highest BCUT2D eigenvalue weighted by Gasteiger charge is 2.42. The van der Waals surface area contributed by atoms with Gasteiger partial charge in [0, 0.05) is 5.56 Å². The molecule has 0 spiro atoms. The van der Waals surface area contributed by atoms with Gasteiger partial charge in [-0.15, -0.1) is 22.7 Å². The molecule has 2 aromatic rings. The van der Waals surface area contributed by atoms with Crippen LogP contribution in [0.5, 0.6) is 5.75 Å². The maximum Gasteiger partial charge on any atom is 0.140 e. The van der Waals surface area contributed by atoms with E-state index in [9.17, 15) is 0 Å². The van der Waals surface area contributed by atoms with Crippen molar-refractivity contribution in [3.05, 3.63) is 26.9 Å². The minimum Gasteiger partial charge on any atom is -0.481 e. The molecule has 0 saturated heterocycles. The van der Waals surface area contributed by atoms with E-state index in [-0.39, 0.29) is 5.60 Å². The van der Waals surface area contributed by atoms with Crippen LogP contribution >= 0.6 is 38.6 Å². The lowest BCUT2D eigenvalue weighted by atomic mass is 9.78. The lowest BCUT2D eigenvalue weighted by Gasteiger charge is -2.39. The number of rotatable bonds is 24. The zero-order valence-corrected chi connectivity index (χ0v) is 33.7. The number of unbranched alkanes of at least 4 members (excludes halogenated alkanes) is 2. The van der Waals surface area contributed by atoms with E-state index in [0.717, 1.165) is 54.1 Å². The normalized spacial score (nSPS) is 18.9. The third-order valence-corrected chi connectivity index (χ3v) is 13.4. The summed E-state index contributed by atoms with van der Waals surface area (Å²) in [4.78, 5) is 2.79. The monoisotopic (exact) mass is 720 g/mol. The SMILES string of the molecule is CC(C)CCCC(C)CCCCCC(C)CCC1(CCC(C)CCCC(C)CCCC(C)C)Oc2ccsc2-c2sc(Br)cc21. The topological polar surface area (TPSA) is 9.23 Å². The second-order valence-electron chi connectivity index (χ2n) is 16.2. The Kier molecular flexibility index (Phi) is 17.6. The Morgan fingerprint density at radius 3 is 1.58 bits per heavy atom. The Balaban J connectivity index is 1.51. The smallest absolute Gasteiger partial charge is 0.140 e. The summed E-state index contributed by atoms with van der Waals surface area (Å²) in [6.45, 7) is 19.3. The fourth-order valence-corrected chi connectivity index (χ4v) is 10.1. The molecular weight excluding hydrogens is 652 g/mol. The summed E-state index contributed by atoms with van der Waals surface area (Å²) in [5.74, 6) is 6.07. The summed E-state index contributed by atoms with van der Waals surface area (Å²) in [6, 6.07) is 4.63. The minimum absolute atomic E-state index is 0.190. The van der Waals surface area contributed by atoms with E-state index in [0.29, 0.717) is 0 Å². The summed E-state index contributed by atoms with van der Waals surface area (Å²) in [6.07, 6.45) is 24.2. The second kappa shape index (κ2) is 20.3. The predicted molar refractivity (Wildman–Crippen MR) is 207 cm³/mol. The van der Waals surface area contributed by atoms with Crippen molar-refractivity contribution in [1.82, 2.24) is 0 Å². The van der Waals surface area contributed by atoms with Crippen LogP contribution < -0.4 is 4.74 Å². The maximum absolute atomic E-state index is 7.12. The average molecular weight is 722 g/mol. The Morgan fingerprint density at radius 1 is 0.600 bits per heavy atom. The fourth-order valence-electron chi connectivity index (χ4n) is 7.44. The highest BCUT2D eigenvalue weighted by atomic mass is 79.9. The number of halogens is 1. The molecule has 3 heterocycles. The molecule has 0 aliphatic carbocycles. The summed E-state index contributed by atoms with van der Waals surface area (Å²) in [5, 5.41) is 2.22.